The van der Waals surface area contributed by atoms with Crippen LogP contribution in [0.25, 0.3) is 10.4 Å². The van der Waals surface area contributed by atoms with Crippen LogP contribution in [0.5, 0.6) is 0 Å². The number of alkyl halides is 3. The van der Waals surface area contributed by atoms with Crippen molar-refractivity contribution in [3.8, 4) is 0 Å². The second kappa shape index (κ2) is 4.90. The standard InChI is InChI=1S/C10H10F3N3/c1-7(10(11,12)13)9(15-16-14)8-5-3-2-4-6-8/h2-7,9H,1H3. The molecule has 0 saturated heterocycles. The third-order valence-corrected chi connectivity index (χ3v) is 2.31. The molecule has 2 atom stereocenters. The van der Waals surface area contributed by atoms with Crippen molar-refractivity contribution in [3.63, 3.8) is 0 Å². The lowest BCUT2D eigenvalue weighted by Gasteiger charge is -2.22. The summed E-state index contributed by atoms with van der Waals surface area (Å²) in [5.74, 6) is -1.70. The van der Waals surface area contributed by atoms with Gasteiger partial charge in [0.15, 0.2) is 0 Å². The van der Waals surface area contributed by atoms with Crippen molar-refractivity contribution in [3.05, 3.63) is 46.3 Å². The van der Waals surface area contributed by atoms with Crippen LogP contribution < -0.4 is 0 Å². The predicted molar refractivity (Wildman–Crippen MR) is 53.5 cm³/mol. The van der Waals surface area contributed by atoms with Crippen molar-refractivity contribution < 1.29 is 13.2 Å². The summed E-state index contributed by atoms with van der Waals surface area (Å²) in [6.45, 7) is 1.01. The SMILES string of the molecule is CC(C(N=[N+]=[N-])c1ccccc1)C(F)(F)F. The van der Waals surface area contributed by atoms with Crippen molar-refractivity contribution in [1.82, 2.24) is 0 Å². The minimum atomic E-state index is -4.38. The summed E-state index contributed by atoms with van der Waals surface area (Å²) in [6, 6.07) is 6.72. The summed E-state index contributed by atoms with van der Waals surface area (Å²) in [5.41, 5.74) is 8.67. The molecule has 2 unspecified atom stereocenters. The van der Waals surface area contributed by atoms with Gasteiger partial charge in [0.05, 0.1) is 12.0 Å². The average Bonchev–Trinajstić information content (AvgIpc) is 2.25. The molecule has 0 saturated carbocycles. The van der Waals surface area contributed by atoms with E-state index in [9.17, 15) is 13.2 Å². The van der Waals surface area contributed by atoms with Crippen LogP contribution in [0.3, 0.4) is 0 Å². The van der Waals surface area contributed by atoms with Crippen molar-refractivity contribution in [2.45, 2.75) is 19.1 Å². The van der Waals surface area contributed by atoms with Crippen LogP contribution in [0.1, 0.15) is 18.5 Å². The van der Waals surface area contributed by atoms with E-state index in [0.717, 1.165) is 6.92 Å². The summed E-state index contributed by atoms with van der Waals surface area (Å²) in [7, 11) is 0. The third-order valence-electron chi connectivity index (χ3n) is 2.31. The van der Waals surface area contributed by atoms with Gasteiger partial charge in [0.1, 0.15) is 0 Å². The summed E-state index contributed by atoms with van der Waals surface area (Å²) in [6.07, 6.45) is -4.38. The normalized spacial score (nSPS) is 15.0. The molecule has 0 spiro atoms. The van der Waals surface area contributed by atoms with Crippen LogP contribution in [-0.2, 0) is 0 Å². The minimum Gasteiger partial charge on any atom is -0.171 e. The summed E-state index contributed by atoms with van der Waals surface area (Å²) in [5, 5.41) is 3.22. The Morgan fingerprint density at radius 1 is 1.25 bits per heavy atom. The predicted octanol–water partition coefficient (Wildman–Crippen LogP) is 4.24. The van der Waals surface area contributed by atoms with E-state index >= 15 is 0 Å². The first-order chi connectivity index (χ1) is 7.46. The first-order valence-electron chi connectivity index (χ1n) is 4.62. The van der Waals surface area contributed by atoms with Crippen LogP contribution in [-0.4, -0.2) is 6.18 Å². The Morgan fingerprint density at radius 3 is 2.25 bits per heavy atom. The number of hydrogen-bond donors (Lipinski definition) is 0. The molecule has 0 heterocycles. The highest BCUT2D eigenvalue weighted by atomic mass is 19.4. The monoisotopic (exact) mass is 229 g/mol. The Bertz CT molecular complexity index is 382. The van der Waals surface area contributed by atoms with Crippen molar-refractivity contribution in [1.29, 1.82) is 0 Å². The largest absolute Gasteiger partial charge is 0.392 e. The number of benzene rings is 1. The lowest BCUT2D eigenvalue weighted by Crippen LogP contribution is -2.25. The maximum Gasteiger partial charge on any atom is 0.392 e. The Hall–Kier alpha value is -1.68. The fraction of sp³-hybridized carbons (Fsp3) is 0.400. The summed E-state index contributed by atoms with van der Waals surface area (Å²) in [4.78, 5) is 2.47. The zero-order valence-electron chi connectivity index (χ0n) is 8.52. The van der Waals surface area contributed by atoms with Crippen LogP contribution in [0.2, 0.25) is 0 Å². The number of nitrogens with zero attached hydrogens (tertiary/aromatic N) is 3. The first-order valence-corrected chi connectivity index (χ1v) is 4.62. The van der Waals surface area contributed by atoms with Gasteiger partial charge in [-0.2, -0.15) is 13.2 Å². The third kappa shape index (κ3) is 2.90. The van der Waals surface area contributed by atoms with E-state index in [-0.39, 0.29) is 0 Å². The van der Waals surface area contributed by atoms with Gasteiger partial charge in [-0.3, -0.25) is 0 Å². The second-order valence-corrected chi connectivity index (χ2v) is 3.39. The van der Waals surface area contributed by atoms with Gasteiger partial charge >= 0.3 is 6.18 Å². The molecule has 1 aromatic rings. The zero-order valence-corrected chi connectivity index (χ0v) is 8.52. The Balaban J connectivity index is 3.06. The highest BCUT2D eigenvalue weighted by Crippen LogP contribution is 2.38. The van der Waals surface area contributed by atoms with Crippen molar-refractivity contribution in [2.75, 3.05) is 0 Å². The van der Waals surface area contributed by atoms with E-state index in [0.29, 0.717) is 5.56 Å². The molecule has 0 radical (unpaired) electrons. The summed E-state index contributed by atoms with van der Waals surface area (Å²) < 4.78 is 37.6. The van der Waals surface area contributed by atoms with Gasteiger partial charge in [-0.1, -0.05) is 42.4 Å². The molecule has 0 fully saturated rings. The molecule has 0 aromatic heterocycles. The van der Waals surface area contributed by atoms with Crippen LogP contribution in [0.15, 0.2) is 35.4 Å². The topological polar surface area (TPSA) is 48.8 Å². The zero-order chi connectivity index (χ0) is 12.2. The van der Waals surface area contributed by atoms with Gasteiger partial charge in [-0.15, -0.1) is 0 Å². The number of rotatable bonds is 3. The van der Waals surface area contributed by atoms with E-state index in [2.05, 4.69) is 10.0 Å². The highest BCUT2D eigenvalue weighted by molar-refractivity contribution is 5.20. The molecular weight excluding hydrogens is 219 g/mol. The van der Waals surface area contributed by atoms with Gasteiger partial charge in [-0.25, -0.2) is 0 Å². The molecule has 3 nitrogen and oxygen atoms in total. The van der Waals surface area contributed by atoms with E-state index in [1.165, 1.54) is 12.1 Å². The smallest absolute Gasteiger partial charge is 0.171 e. The van der Waals surface area contributed by atoms with Gasteiger partial charge in [0.25, 0.3) is 0 Å². The number of hydrogen-bond acceptors (Lipinski definition) is 1. The molecule has 0 aliphatic carbocycles. The molecular formula is C10H10F3N3. The Kier molecular flexibility index (Phi) is 3.79. The fourth-order valence-corrected chi connectivity index (χ4v) is 1.34. The molecule has 1 aromatic carbocycles. The molecule has 0 N–H and O–H groups in total. The molecule has 0 amide bonds. The molecule has 0 bridgehead atoms. The molecule has 86 valence electrons. The molecule has 0 aliphatic rings. The van der Waals surface area contributed by atoms with Crippen molar-refractivity contribution in [2.24, 2.45) is 11.0 Å². The average molecular weight is 229 g/mol. The maximum atomic E-state index is 12.5. The Labute approximate surface area is 90.5 Å². The lowest BCUT2D eigenvalue weighted by molar-refractivity contribution is -0.175. The Morgan fingerprint density at radius 2 is 1.81 bits per heavy atom. The molecule has 0 aliphatic heterocycles. The van der Waals surface area contributed by atoms with E-state index in [1.807, 2.05) is 0 Å². The number of azide groups is 1. The van der Waals surface area contributed by atoms with E-state index in [4.69, 9.17) is 5.53 Å². The number of halogens is 3. The van der Waals surface area contributed by atoms with Gasteiger partial charge in [0, 0.05) is 4.91 Å². The van der Waals surface area contributed by atoms with Gasteiger partial charge in [0.2, 0.25) is 0 Å². The lowest BCUT2D eigenvalue weighted by atomic mass is 9.95. The molecule has 6 heteroatoms. The summed E-state index contributed by atoms with van der Waals surface area (Å²) >= 11 is 0. The maximum absolute atomic E-state index is 12.5. The second-order valence-electron chi connectivity index (χ2n) is 3.39. The van der Waals surface area contributed by atoms with E-state index in [1.54, 1.807) is 18.2 Å². The van der Waals surface area contributed by atoms with Gasteiger partial charge in [-0.05, 0) is 11.1 Å². The quantitative estimate of drug-likeness (QED) is 0.423. The first kappa shape index (κ1) is 12.4. The van der Waals surface area contributed by atoms with Crippen LogP contribution in [0, 0.1) is 5.92 Å². The van der Waals surface area contributed by atoms with Crippen LogP contribution >= 0.6 is 0 Å². The fourth-order valence-electron chi connectivity index (χ4n) is 1.34. The molecule has 16 heavy (non-hydrogen) atoms. The highest BCUT2D eigenvalue weighted by Gasteiger charge is 2.41. The molecule has 1 rings (SSSR count). The minimum absolute atomic E-state index is 0.366. The van der Waals surface area contributed by atoms with Crippen molar-refractivity contribution >= 4 is 0 Å². The van der Waals surface area contributed by atoms with Gasteiger partial charge < -0.3 is 0 Å². The van der Waals surface area contributed by atoms with E-state index < -0.39 is 18.1 Å². The van der Waals surface area contributed by atoms with Crippen LogP contribution in [0.4, 0.5) is 13.2 Å².